The number of rotatable bonds is 5. The minimum Gasteiger partial charge on any atom is -0.337 e. The summed E-state index contributed by atoms with van der Waals surface area (Å²) in [5, 5.41) is 3.30. The molecule has 3 rings (SSSR count). The molecule has 0 atom stereocenters. The summed E-state index contributed by atoms with van der Waals surface area (Å²) in [5.41, 5.74) is 6.68. The van der Waals surface area contributed by atoms with E-state index in [1.165, 1.54) is 11.3 Å². The van der Waals surface area contributed by atoms with Crippen molar-refractivity contribution in [2.24, 2.45) is 11.7 Å². The monoisotopic (exact) mass is 377 g/mol. The summed E-state index contributed by atoms with van der Waals surface area (Å²) in [6.07, 6.45) is 2.04. The minimum atomic E-state index is -0.0584. The number of benzene rings is 1. The average molecular weight is 378 g/mol. The molecule has 0 bridgehead atoms. The normalized spacial score (nSPS) is 15.4. The van der Waals surface area contributed by atoms with Gasteiger partial charge in [0.15, 0.2) is 5.78 Å². The zero-order valence-electron chi connectivity index (χ0n) is 13.8. The number of thiazole rings is 1. The van der Waals surface area contributed by atoms with Crippen LogP contribution in [-0.2, 0) is 6.42 Å². The van der Waals surface area contributed by atoms with Gasteiger partial charge in [-0.1, -0.05) is 11.6 Å². The van der Waals surface area contributed by atoms with Crippen molar-refractivity contribution in [3.63, 3.8) is 0 Å². The van der Waals surface area contributed by atoms with Crippen molar-refractivity contribution in [2.45, 2.75) is 19.3 Å². The molecule has 0 aliphatic carbocycles. The van der Waals surface area contributed by atoms with Crippen LogP contribution in [-0.4, -0.2) is 41.2 Å². The number of carbonyl (C=O) groups excluding carboxylic acids is 2. The Hall–Kier alpha value is -1.76. The van der Waals surface area contributed by atoms with E-state index in [-0.39, 0.29) is 17.6 Å². The molecule has 1 amide bonds. The van der Waals surface area contributed by atoms with Crippen LogP contribution in [0.15, 0.2) is 29.6 Å². The highest BCUT2D eigenvalue weighted by atomic mass is 35.5. The number of nitrogens with zero attached hydrogens (tertiary/aromatic N) is 2. The summed E-state index contributed by atoms with van der Waals surface area (Å²) in [6, 6.07) is 6.98. The number of amides is 1. The zero-order chi connectivity index (χ0) is 17.8. The Kier molecular flexibility index (Phi) is 5.83. The van der Waals surface area contributed by atoms with Crippen LogP contribution in [0.1, 0.15) is 38.7 Å². The lowest BCUT2D eigenvalue weighted by Gasteiger charge is -2.31. The third kappa shape index (κ3) is 4.26. The SMILES string of the molecule is NCCc1nc(C(=O)N2CCC(C(=O)c3ccc(Cl)cc3)CC2)cs1. The van der Waals surface area contributed by atoms with Gasteiger partial charge in [-0.25, -0.2) is 4.98 Å². The van der Waals surface area contributed by atoms with Gasteiger partial charge < -0.3 is 10.6 Å². The van der Waals surface area contributed by atoms with E-state index in [2.05, 4.69) is 4.98 Å². The Labute approximate surface area is 155 Å². The predicted octanol–water partition coefficient (Wildman–Crippen LogP) is 3.03. The van der Waals surface area contributed by atoms with Crippen LogP contribution in [0.2, 0.25) is 5.02 Å². The van der Waals surface area contributed by atoms with Crippen LogP contribution in [0, 0.1) is 5.92 Å². The molecule has 2 N–H and O–H groups in total. The molecular weight excluding hydrogens is 358 g/mol. The molecule has 1 aliphatic heterocycles. The summed E-state index contributed by atoms with van der Waals surface area (Å²) in [5.74, 6) is 0.0213. The molecule has 0 saturated carbocycles. The fourth-order valence-corrected chi connectivity index (χ4v) is 3.92. The number of hydrogen-bond acceptors (Lipinski definition) is 5. The largest absolute Gasteiger partial charge is 0.337 e. The average Bonchev–Trinajstić information content (AvgIpc) is 3.10. The lowest BCUT2D eigenvalue weighted by Crippen LogP contribution is -2.40. The fourth-order valence-electron chi connectivity index (χ4n) is 3.00. The fraction of sp³-hybridized carbons (Fsp3) is 0.389. The van der Waals surface area contributed by atoms with Crippen LogP contribution in [0.5, 0.6) is 0 Å². The van der Waals surface area contributed by atoms with Crippen LogP contribution in [0.3, 0.4) is 0 Å². The Morgan fingerprint density at radius 3 is 2.56 bits per heavy atom. The first-order valence-electron chi connectivity index (χ1n) is 8.32. The molecule has 1 fully saturated rings. The number of aromatic nitrogens is 1. The summed E-state index contributed by atoms with van der Waals surface area (Å²) >= 11 is 7.34. The predicted molar refractivity (Wildman–Crippen MR) is 99.3 cm³/mol. The lowest BCUT2D eigenvalue weighted by molar-refractivity contribution is 0.0646. The second kappa shape index (κ2) is 8.08. The smallest absolute Gasteiger partial charge is 0.273 e. The van der Waals surface area contributed by atoms with E-state index in [9.17, 15) is 9.59 Å². The maximum Gasteiger partial charge on any atom is 0.273 e. The van der Waals surface area contributed by atoms with Crippen LogP contribution in [0.25, 0.3) is 0 Å². The van der Waals surface area contributed by atoms with E-state index in [4.69, 9.17) is 17.3 Å². The molecule has 1 aliphatic rings. The minimum absolute atomic E-state index is 0.0477. The van der Waals surface area contributed by atoms with Crippen LogP contribution in [0.4, 0.5) is 0 Å². The van der Waals surface area contributed by atoms with Crippen molar-refractivity contribution in [2.75, 3.05) is 19.6 Å². The Morgan fingerprint density at radius 1 is 1.24 bits per heavy atom. The summed E-state index contributed by atoms with van der Waals surface area (Å²) < 4.78 is 0. The maximum atomic E-state index is 12.6. The van der Waals surface area contributed by atoms with E-state index in [1.54, 1.807) is 34.5 Å². The van der Waals surface area contributed by atoms with Gasteiger partial charge in [-0.3, -0.25) is 9.59 Å². The van der Waals surface area contributed by atoms with Gasteiger partial charge in [-0.2, -0.15) is 0 Å². The van der Waals surface area contributed by atoms with Gasteiger partial charge >= 0.3 is 0 Å². The molecule has 132 valence electrons. The third-order valence-electron chi connectivity index (χ3n) is 4.41. The van der Waals surface area contributed by atoms with Gasteiger partial charge in [-0.15, -0.1) is 11.3 Å². The van der Waals surface area contributed by atoms with E-state index in [0.29, 0.717) is 55.2 Å². The number of nitrogens with two attached hydrogens (primary N) is 1. The first-order chi connectivity index (χ1) is 12.1. The number of likely N-dealkylation sites (tertiary alicyclic amines) is 1. The molecule has 7 heteroatoms. The highest BCUT2D eigenvalue weighted by Gasteiger charge is 2.29. The molecule has 0 spiro atoms. The molecule has 2 aromatic rings. The quantitative estimate of drug-likeness (QED) is 0.812. The van der Waals surface area contributed by atoms with E-state index < -0.39 is 0 Å². The van der Waals surface area contributed by atoms with E-state index >= 15 is 0 Å². The number of ketones is 1. The summed E-state index contributed by atoms with van der Waals surface area (Å²) in [7, 11) is 0. The van der Waals surface area contributed by atoms with Gasteiger partial charge in [0.25, 0.3) is 5.91 Å². The lowest BCUT2D eigenvalue weighted by atomic mass is 9.89. The first-order valence-corrected chi connectivity index (χ1v) is 9.57. The Morgan fingerprint density at radius 2 is 1.92 bits per heavy atom. The van der Waals surface area contributed by atoms with Gasteiger partial charge in [0.2, 0.25) is 0 Å². The number of carbonyl (C=O) groups is 2. The number of halogens is 1. The molecule has 25 heavy (non-hydrogen) atoms. The molecule has 1 saturated heterocycles. The highest BCUT2D eigenvalue weighted by molar-refractivity contribution is 7.09. The van der Waals surface area contributed by atoms with Gasteiger partial charge in [0, 0.05) is 41.4 Å². The topological polar surface area (TPSA) is 76.3 Å². The van der Waals surface area contributed by atoms with Crippen LogP contribution < -0.4 is 5.73 Å². The van der Waals surface area contributed by atoms with Crippen LogP contribution >= 0.6 is 22.9 Å². The number of Topliss-reactive ketones (excluding diaryl/α,β-unsaturated/α-hetero) is 1. The molecule has 5 nitrogen and oxygen atoms in total. The van der Waals surface area contributed by atoms with Crippen molar-refractivity contribution in [1.29, 1.82) is 0 Å². The van der Waals surface area contributed by atoms with Gasteiger partial charge in [0.1, 0.15) is 5.69 Å². The van der Waals surface area contributed by atoms with Crippen molar-refractivity contribution in [3.05, 3.63) is 50.9 Å². The van der Waals surface area contributed by atoms with Gasteiger partial charge in [-0.05, 0) is 43.7 Å². The molecular formula is C18H20ClN3O2S. The summed E-state index contributed by atoms with van der Waals surface area (Å²) in [4.78, 5) is 31.2. The standard InChI is InChI=1S/C18H20ClN3O2S/c19-14-3-1-12(2-4-14)17(23)13-6-9-22(10-7-13)18(24)15-11-25-16(21-15)5-8-20/h1-4,11,13H,5-10,20H2. The van der Waals surface area contributed by atoms with Crippen molar-refractivity contribution in [1.82, 2.24) is 9.88 Å². The second-order valence-electron chi connectivity index (χ2n) is 6.10. The van der Waals surface area contributed by atoms with Crippen molar-refractivity contribution in [3.8, 4) is 0 Å². The zero-order valence-corrected chi connectivity index (χ0v) is 15.4. The molecule has 1 aromatic carbocycles. The van der Waals surface area contributed by atoms with E-state index in [1.807, 2.05) is 0 Å². The maximum absolute atomic E-state index is 12.6. The molecule has 0 unspecified atom stereocenters. The van der Waals surface area contributed by atoms with Gasteiger partial charge in [0.05, 0.1) is 5.01 Å². The molecule has 2 heterocycles. The Bertz CT molecular complexity index is 752. The Balaban J connectivity index is 1.58. The molecule has 1 aromatic heterocycles. The summed E-state index contributed by atoms with van der Waals surface area (Å²) in [6.45, 7) is 1.68. The van der Waals surface area contributed by atoms with Crippen molar-refractivity contribution >= 4 is 34.6 Å². The highest BCUT2D eigenvalue weighted by Crippen LogP contribution is 2.24. The second-order valence-corrected chi connectivity index (χ2v) is 7.48. The molecule has 0 radical (unpaired) electrons. The van der Waals surface area contributed by atoms with E-state index in [0.717, 1.165) is 5.01 Å². The number of hydrogen-bond donors (Lipinski definition) is 1. The third-order valence-corrected chi connectivity index (χ3v) is 5.57. The van der Waals surface area contributed by atoms with Crippen molar-refractivity contribution < 1.29 is 9.59 Å². The first kappa shape index (κ1) is 18.0. The number of piperidine rings is 1.